The monoisotopic (exact) mass is 269 g/mol. The van der Waals surface area contributed by atoms with Crippen molar-refractivity contribution in [2.24, 2.45) is 5.92 Å². The van der Waals surface area contributed by atoms with E-state index in [1.165, 1.54) is 0 Å². The van der Waals surface area contributed by atoms with Crippen LogP contribution in [-0.2, 0) is 4.79 Å². The van der Waals surface area contributed by atoms with Crippen molar-refractivity contribution in [3.05, 3.63) is 34.9 Å². The Morgan fingerprint density at radius 2 is 2.06 bits per heavy atom. The fourth-order valence-corrected chi connectivity index (χ4v) is 3.01. The van der Waals surface area contributed by atoms with Gasteiger partial charge in [0.2, 0.25) is 5.91 Å². The van der Waals surface area contributed by atoms with Crippen molar-refractivity contribution >= 4 is 29.3 Å². The first-order chi connectivity index (χ1) is 8.20. The lowest BCUT2D eigenvalue weighted by Crippen LogP contribution is -2.40. The lowest BCUT2D eigenvalue weighted by molar-refractivity contribution is -0.127. The minimum absolute atomic E-state index is 0.151. The van der Waals surface area contributed by atoms with Crippen molar-refractivity contribution in [3.63, 3.8) is 0 Å². The molecule has 1 saturated heterocycles. The van der Waals surface area contributed by atoms with E-state index in [0.29, 0.717) is 0 Å². The maximum absolute atomic E-state index is 11.9. The van der Waals surface area contributed by atoms with Gasteiger partial charge < -0.3 is 5.32 Å². The summed E-state index contributed by atoms with van der Waals surface area (Å²) >= 11 is 7.59. The molecule has 17 heavy (non-hydrogen) atoms. The molecule has 0 spiro atoms. The van der Waals surface area contributed by atoms with E-state index in [9.17, 15) is 4.79 Å². The Kier molecular flexibility index (Phi) is 4.35. The highest BCUT2D eigenvalue weighted by atomic mass is 35.5. The van der Waals surface area contributed by atoms with Crippen LogP contribution in [0, 0.1) is 5.92 Å². The molecule has 1 aromatic carbocycles. The first kappa shape index (κ1) is 12.8. The summed E-state index contributed by atoms with van der Waals surface area (Å²) in [7, 11) is 0. The van der Waals surface area contributed by atoms with Crippen molar-refractivity contribution in [3.8, 4) is 0 Å². The summed E-state index contributed by atoms with van der Waals surface area (Å²) in [6.45, 7) is 0. The van der Waals surface area contributed by atoms with Crippen LogP contribution in [0.3, 0.4) is 0 Å². The molecule has 2 nitrogen and oxygen atoms in total. The SMILES string of the molecule is CSCC1CCC(c2ccc(Cl)cc2)NC1=O. The number of carbonyl (C=O) groups excluding carboxylic acids is 1. The third-order valence-electron chi connectivity index (χ3n) is 3.13. The summed E-state index contributed by atoms with van der Waals surface area (Å²) in [5, 5.41) is 3.82. The van der Waals surface area contributed by atoms with Crippen LogP contribution in [0.2, 0.25) is 5.02 Å². The van der Waals surface area contributed by atoms with E-state index in [0.717, 1.165) is 29.2 Å². The van der Waals surface area contributed by atoms with E-state index >= 15 is 0 Å². The number of carbonyl (C=O) groups is 1. The van der Waals surface area contributed by atoms with Crippen molar-refractivity contribution in [1.82, 2.24) is 5.32 Å². The van der Waals surface area contributed by atoms with Gasteiger partial charge in [-0.1, -0.05) is 23.7 Å². The quantitative estimate of drug-likeness (QED) is 0.913. The molecule has 0 bridgehead atoms. The van der Waals surface area contributed by atoms with Crippen molar-refractivity contribution < 1.29 is 4.79 Å². The number of piperidine rings is 1. The maximum Gasteiger partial charge on any atom is 0.224 e. The zero-order valence-corrected chi connectivity index (χ0v) is 11.4. The Morgan fingerprint density at radius 1 is 1.35 bits per heavy atom. The lowest BCUT2D eigenvalue weighted by atomic mass is 9.91. The molecule has 0 radical (unpaired) electrons. The minimum Gasteiger partial charge on any atom is -0.349 e. The highest BCUT2D eigenvalue weighted by molar-refractivity contribution is 7.98. The lowest BCUT2D eigenvalue weighted by Gasteiger charge is -2.29. The van der Waals surface area contributed by atoms with Crippen LogP contribution < -0.4 is 5.32 Å². The number of benzene rings is 1. The second-order valence-corrected chi connectivity index (χ2v) is 5.69. The standard InChI is InChI=1S/C13H16ClNOS/c1-17-8-10-4-7-12(15-13(10)16)9-2-5-11(14)6-3-9/h2-3,5-6,10,12H,4,7-8H2,1H3,(H,15,16). The van der Waals surface area contributed by atoms with Crippen molar-refractivity contribution in [2.75, 3.05) is 12.0 Å². The Bertz CT molecular complexity index is 393. The van der Waals surface area contributed by atoms with Gasteiger partial charge in [0.15, 0.2) is 0 Å². The molecule has 2 rings (SSSR count). The van der Waals surface area contributed by atoms with Gasteiger partial charge in [0, 0.05) is 16.7 Å². The summed E-state index contributed by atoms with van der Waals surface area (Å²) < 4.78 is 0. The van der Waals surface area contributed by atoms with Gasteiger partial charge in [0.25, 0.3) is 0 Å². The van der Waals surface area contributed by atoms with Crippen LogP contribution in [0.15, 0.2) is 24.3 Å². The van der Waals surface area contributed by atoms with Crippen LogP contribution in [-0.4, -0.2) is 17.9 Å². The first-order valence-corrected chi connectivity index (χ1v) is 7.52. The fraction of sp³-hybridized carbons (Fsp3) is 0.462. The zero-order valence-electron chi connectivity index (χ0n) is 9.78. The van der Waals surface area contributed by atoms with E-state index in [-0.39, 0.29) is 17.9 Å². The molecule has 1 aliphatic rings. The molecule has 92 valence electrons. The summed E-state index contributed by atoms with van der Waals surface area (Å²) in [4.78, 5) is 11.9. The summed E-state index contributed by atoms with van der Waals surface area (Å²) in [6.07, 6.45) is 4.02. The number of amides is 1. The van der Waals surface area contributed by atoms with Gasteiger partial charge in [0.1, 0.15) is 0 Å². The largest absolute Gasteiger partial charge is 0.349 e. The third kappa shape index (κ3) is 3.17. The predicted octanol–water partition coefficient (Wildman–Crippen LogP) is 3.27. The molecule has 0 saturated carbocycles. The molecular formula is C13H16ClNOS. The normalized spacial score (nSPS) is 24.5. The smallest absolute Gasteiger partial charge is 0.224 e. The molecule has 1 heterocycles. The number of nitrogens with one attached hydrogen (secondary N) is 1. The third-order valence-corrected chi connectivity index (χ3v) is 4.12. The van der Waals surface area contributed by atoms with Crippen molar-refractivity contribution in [1.29, 1.82) is 0 Å². The molecule has 4 heteroatoms. The highest BCUT2D eigenvalue weighted by Crippen LogP contribution is 2.28. The van der Waals surface area contributed by atoms with Gasteiger partial charge in [0.05, 0.1) is 6.04 Å². The minimum atomic E-state index is 0.151. The number of hydrogen-bond acceptors (Lipinski definition) is 2. The molecular weight excluding hydrogens is 254 g/mol. The molecule has 0 aromatic heterocycles. The molecule has 1 amide bonds. The second kappa shape index (κ2) is 5.78. The average Bonchev–Trinajstić information content (AvgIpc) is 2.33. The van der Waals surface area contributed by atoms with Gasteiger partial charge in [-0.15, -0.1) is 0 Å². The van der Waals surface area contributed by atoms with Crippen LogP contribution in [0.25, 0.3) is 0 Å². The van der Waals surface area contributed by atoms with Crippen LogP contribution in [0.4, 0.5) is 0 Å². The van der Waals surface area contributed by atoms with Crippen LogP contribution in [0.1, 0.15) is 24.4 Å². The summed E-state index contributed by atoms with van der Waals surface area (Å²) in [6, 6.07) is 7.87. The fourth-order valence-electron chi connectivity index (χ4n) is 2.17. The van der Waals surface area contributed by atoms with Crippen LogP contribution >= 0.6 is 23.4 Å². The molecule has 2 atom stereocenters. The van der Waals surface area contributed by atoms with E-state index in [2.05, 4.69) is 5.32 Å². The predicted molar refractivity (Wildman–Crippen MR) is 73.4 cm³/mol. The zero-order chi connectivity index (χ0) is 12.3. The summed E-state index contributed by atoms with van der Waals surface area (Å²) in [5.74, 6) is 1.28. The van der Waals surface area contributed by atoms with E-state index in [4.69, 9.17) is 11.6 Å². The number of halogens is 1. The molecule has 1 fully saturated rings. The molecule has 2 unspecified atom stereocenters. The average molecular weight is 270 g/mol. The van der Waals surface area contributed by atoms with Gasteiger partial charge in [-0.2, -0.15) is 11.8 Å². The molecule has 0 aliphatic carbocycles. The van der Waals surface area contributed by atoms with Gasteiger partial charge in [-0.25, -0.2) is 0 Å². The van der Waals surface area contributed by atoms with Crippen LogP contribution in [0.5, 0.6) is 0 Å². The second-order valence-electron chi connectivity index (χ2n) is 4.34. The topological polar surface area (TPSA) is 29.1 Å². The molecule has 1 N–H and O–H groups in total. The first-order valence-electron chi connectivity index (χ1n) is 5.75. The van der Waals surface area contributed by atoms with Gasteiger partial charge in [-0.3, -0.25) is 4.79 Å². The Labute approximate surface area is 111 Å². The van der Waals surface area contributed by atoms with Gasteiger partial charge in [-0.05, 0) is 36.8 Å². The van der Waals surface area contributed by atoms with E-state index < -0.39 is 0 Å². The summed E-state index contributed by atoms with van der Waals surface area (Å²) in [5.41, 5.74) is 1.14. The Hall–Kier alpha value is -0.670. The van der Waals surface area contributed by atoms with Gasteiger partial charge >= 0.3 is 0 Å². The molecule has 1 aromatic rings. The Morgan fingerprint density at radius 3 is 2.65 bits per heavy atom. The van der Waals surface area contributed by atoms with Crippen molar-refractivity contribution in [2.45, 2.75) is 18.9 Å². The number of hydrogen-bond donors (Lipinski definition) is 1. The molecule has 1 aliphatic heterocycles. The van der Waals surface area contributed by atoms with E-state index in [1.54, 1.807) is 11.8 Å². The van der Waals surface area contributed by atoms with E-state index in [1.807, 2.05) is 30.5 Å². The number of thioether (sulfide) groups is 1. The maximum atomic E-state index is 11.9. The Balaban J connectivity index is 2.01. The number of rotatable bonds is 3. The highest BCUT2D eigenvalue weighted by Gasteiger charge is 2.27.